The van der Waals surface area contributed by atoms with E-state index in [1.54, 1.807) is 6.92 Å². The van der Waals surface area contributed by atoms with E-state index < -0.39 is 33.8 Å². The summed E-state index contributed by atoms with van der Waals surface area (Å²) in [5.74, 6) is -1.52. The van der Waals surface area contributed by atoms with Gasteiger partial charge in [-0.3, -0.25) is 14.4 Å². The van der Waals surface area contributed by atoms with Crippen molar-refractivity contribution < 1.29 is 19.1 Å². The number of esters is 1. The molecule has 4 nitrogen and oxygen atoms in total. The SMILES string of the molecule is COC(=O)C12CCC(C)(C(=O)C1=O)C2(C)C. The molecule has 2 saturated carbocycles. The highest BCUT2D eigenvalue weighted by Gasteiger charge is 2.78. The first kappa shape index (κ1) is 11.3. The Balaban J connectivity index is 2.68. The molecule has 0 radical (unpaired) electrons. The molecule has 0 amide bonds. The molecule has 88 valence electrons. The lowest BCUT2D eigenvalue weighted by Gasteiger charge is -2.36. The van der Waals surface area contributed by atoms with Crippen LogP contribution in [-0.2, 0) is 19.1 Å². The van der Waals surface area contributed by atoms with Gasteiger partial charge in [-0.2, -0.15) is 0 Å². The van der Waals surface area contributed by atoms with Gasteiger partial charge in [0.2, 0.25) is 11.6 Å². The van der Waals surface area contributed by atoms with Gasteiger partial charge in [0.15, 0.2) is 0 Å². The third-order valence-corrected chi connectivity index (χ3v) is 5.08. The van der Waals surface area contributed by atoms with Crippen LogP contribution >= 0.6 is 0 Å². The van der Waals surface area contributed by atoms with Crippen LogP contribution in [0.5, 0.6) is 0 Å². The van der Waals surface area contributed by atoms with E-state index in [1.807, 2.05) is 13.8 Å². The van der Waals surface area contributed by atoms with Gasteiger partial charge >= 0.3 is 5.97 Å². The molecule has 2 aliphatic carbocycles. The molecule has 0 spiro atoms. The first-order chi connectivity index (χ1) is 7.25. The van der Waals surface area contributed by atoms with Crippen molar-refractivity contribution in [2.75, 3.05) is 7.11 Å². The van der Waals surface area contributed by atoms with Gasteiger partial charge in [0.25, 0.3) is 0 Å². The highest BCUT2D eigenvalue weighted by Crippen LogP contribution is 2.69. The minimum atomic E-state index is -1.24. The third-order valence-electron chi connectivity index (χ3n) is 5.08. The van der Waals surface area contributed by atoms with Crippen molar-refractivity contribution >= 4 is 17.5 Å². The van der Waals surface area contributed by atoms with E-state index >= 15 is 0 Å². The lowest BCUT2D eigenvalue weighted by Crippen LogP contribution is -2.45. The van der Waals surface area contributed by atoms with Gasteiger partial charge in [-0.1, -0.05) is 20.8 Å². The summed E-state index contributed by atoms with van der Waals surface area (Å²) in [6.45, 7) is 5.42. The van der Waals surface area contributed by atoms with Gasteiger partial charge in [-0.15, -0.1) is 0 Å². The number of rotatable bonds is 1. The Labute approximate surface area is 94.3 Å². The molecule has 2 aliphatic rings. The summed E-state index contributed by atoms with van der Waals surface area (Å²) < 4.78 is 4.74. The summed E-state index contributed by atoms with van der Waals surface area (Å²) in [6.07, 6.45) is 1.01. The topological polar surface area (TPSA) is 60.4 Å². The molecule has 0 saturated heterocycles. The average Bonchev–Trinajstić information content (AvgIpc) is 2.51. The summed E-state index contributed by atoms with van der Waals surface area (Å²) in [5.41, 5.74) is -2.60. The molecule has 2 unspecified atom stereocenters. The van der Waals surface area contributed by atoms with Crippen LogP contribution in [0.4, 0.5) is 0 Å². The Hall–Kier alpha value is -1.19. The van der Waals surface area contributed by atoms with Gasteiger partial charge in [-0.05, 0) is 12.8 Å². The molecule has 0 aromatic carbocycles. The monoisotopic (exact) mass is 224 g/mol. The Kier molecular flexibility index (Phi) is 1.93. The summed E-state index contributed by atoms with van der Waals surface area (Å²) in [5, 5.41) is 0. The first-order valence-electron chi connectivity index (χ1n) is 5.43. The largest absolute Gasteiger partial charge is 0.468 e. The fourth-order valence-electron chi connectivity index (χ4n) is 3.40. The van der Waals surface area contributed by atoms with Crippen LogP contribution in [0.2, 0.25) is 0 Å². The van der Waals surface area contributed by atoms with Crippen LogP contribution in [0, 0.1) is 16.2 Å². The molecule has 0 aromatic heterocycles. The third kappa shape index (κ3) is 0.782. The van der Waals surface area contributed by atoms with Crippen LogP contribution in [0.25, 0.3) is 0 Å². The number of ether oxygens (including phenoxy) is 1. The number of ketones is 2. The minimum absolute atomic E-state index is 0.408. The number of hydrogen-bond acceptors (Lipinski definition) is 4. The lowest BCUT2D eigenvalue weighted by molar-refractivity contribution is -0.163. The summed E-state index contributed by atoms with van der Waals surface area (Å²) >= 11 is 0. The zero-order chi connectivity index (χ0) is 12.4. The molecule has 0 aromatic rings. The van der Waals surface area contributed by atoms with E-state index in [9.17, 15) is 14.4 Å². The zero-order valence-corrected chi connectivity index (χ0v) is 10.0. The minimum Gasteiger partial charge on any atom is -0.468 e. The van der Waals surface area contributed by atoms with E-state index in [1.165, 1.54) is 7.11 Å². The van der Waals surface area contributed by atoms with E-state index in [0.29, 0.717) is 12.8 Å². The number of carbonyl (C=O) groups excluding carboxylic acids is 3. The second-order valence-corrected chi connectivity index (χ2v) is 5.51. The van der Waals surface area contributed by atoms with E-state index in [0.717, 1.165) is 0 Å². The predicted octanol–water partition coefficient (Wildman–Crippen LogP) is 1.12. The molecule has 0 heterocycles. The number of fused-ring (bicyclic) bond motifs is 2. The van der Waals surface area contributed by atoms with E-state index in [4.69, 9.17) is 4.74 Å². The Morgan fingerprint density at radius 2 is 1.69 bits per heavy atom. The Bertz CT molecular complexity index is 409. The first-order valence-corrected chi connectivity index (χ1v) is 5.43. The van der Waals surface area contributed by atoms with Crippen LogP contribution in [-0.4, -0.2) is 24.6 Å². The van der Waals surface area contributed by atoms with Gasteiger partial charge < -0.3 is 4.74 Å². The van der Waals surface area contributed by atoms with Gasteiger partial charge in [0.1, 0.15) is 5.41 Å². The molecule has 2 fully saturated rings. The number of methoxy groups -OCH3 is 1. The van der Waals surface area contributed by atoms with Gasteiger partial charge in [-0.25, -0.2) is 0 Å². The number of hydrogen-bond donors (Lipinski definition) is 0. The maximum atomic E-state index is 12.1. The van der Waals surface area contributed by atoms with Crippen molar-refractivity contribution in [1.82, 2.24) is 0 Å². The summed E-state index contributed by atoms with van der Waals surface area (Å²) in [4.78, 5) is 35.9. The molecular weight excluding hydrogens is 208 g/mol. The van der Waals surface area contributed by atoms with Gasteiger partial charge in [0.05, 0.1) is 7.11 Å². The fraction of sp³-hybridized carbons (Fsp3) is 0.750. The smallest absolute Gasteiger partial charge is 0.320 e. The van der Waals surface area contributed by atoms with Gasteiger partial charge in [0, 0.05) is 10.8 Å². The highest BCUT2D eigenvalue weighted by atomic mass is 16.5. The molecule has 2 atom stereocenters. The lowest BCUT2D eigenvalue weighted by atomic mass is 9.65. The maximum Gasteiger partial charge on any atom is 0.320 e. The van der Waals surface area contributed by atoms with Crippen molar-refractivity contribution in [1.29, 1.82) is 0 Å². The van der Waals surface area contributed by atoms with Crippen molar-refractivity contribution in [3.8, 4) is 0 Å². The average molecular weight is 224 g/mol. The molecular formula is C12H16O4. The second kappa shape index (κ2) is 2.73. The molecule has 4 heteroatoms. The Morgan fingerprint density at radius 3 is 2.06 bits per heavy atom. The second-order valence-electron chi connectivity index (χ2n) is 5.51. The molecule has 16 heavy (non-hydrogen) atoms. The molecule has 2 rings (SSSR count). The highest BCUT2D eigenvalue weighted by molar-refractivity contribution is 6.48. The van der Waals surface area contributed by atoms with Crippen molar-refractivity contribution in [2.45, 2.75) is 33.6 Å². The zero-order valence-electron chi connectivity index (χ0n) is 10.0. The van der Waals surface area contributed by atoms with E-state index in [2.05, 4.69) is 0 Å². The molecule has 0 N–H and O–H groups in total. The summed E-state index contributed by atoms with van der Waals surface area (Å²) in [6, 6.07) is 0. The van der Waals surface area contributed by atoms with Crippen molar-refractivity contribution in [3.05, 3.63) is 0 Å². The molecule has 2 bridgehead atoms. The predicted molar refractivity (Wildman–Crippen MR) is 55.6 cm³/mol. The quantitative estimate of drug-likeness (QED) is 0.380. The van der Waals surface area contributed by atoms with Crippen molar-refractivity contribution in [3.63, 3.8) is 0 Å². The normalized spacial score (nSPS) is 40.2. The fourth-order valence-corrected chi connectivity index (χ4v) is 3.40. The van der Waals surface area contributed by atoms with Crippen LogP contribution in [0.15, 0.2) is 0 Å². The van der Waals surface area contributed by atoms with Crippen molar-refractivity contribution in [2.24, 2.45) is 16.2 Å². The van der Waals surface area contributed by atoms with Crippen LogP contribution in [0.1, 0.15) is 33.6 Å². The van der Waals surface area contributed by atoms with E-state index in [-0.39, 0.29) is 0 Å². The Morgan fingerprint density at radius 1 is 1.12 bits per heavy atom. The van der Waals surface area contributed by atoms with Crippen LogP contribution in [0.3, 0.4) is 0 Å². The number of Topliss-reactive ketones (excluding diaryl/α,β-unsaturated/α-hetero) is 2. The summed E-state index contributed by atoms with van der Waals surface area (Å²) in [7, 11) is 1.26. The van der Waals surface area contributed by atoms with Crippen LogP contribution < -0.4 is 0 Å². The maximum absolute atomic E-state index is 12.1. The standard InChI is InChI=1S/C12H16O4/c1-10(2)11(3)5-6-12(10,9(15)16-4)8(14)7(11)13/h5-6H2,1-4H3. The number of carbonyl (C=O) groups is 3. The molecule has 0 aliphatic heterocycles.